The van der Waals surface area contributed by atoms with Gasteiger partial charge in [-0.15, -0.1) is 21.5 Å². The van der Waals surface area contributed by atoms with Gasteiger partial charge in [-0.1, -0.05) is 6.07 Å². The molecule has 0 spiro atoms. The molecule has 9 heteroatoms. The highest BCUT2D eigenvalue weighted by Gasteiger charge is 2.16. The van der Waals surface area contributed by atoms with Crippen LogP contribution in [0.3, 0.4) is 0 Å². The van der Waals surface area contributed by atoms with Crippen LogP contribution >= 0.6 is 11.3 Å². The van der Waals surface area contributed by atoms with Crippen molar-refractivity contribution in [2.45, 2.75) is 6.61 Å². The average Bonchev–Trinajstić information content (AvgIpc) is 3.16. The van der Waals surface area contributed by atoms with Crippen molar-refractivity contribution in [2.24, 2.45) is 0 Å². The van der Waals surface area contributed by atoms with E-state index in [-0.39, 0.29) is 24.0 Å². The molecule has 3 aromatic rings. The normalized spacial score (nSPS) is 10.5. The third kappa shape index (κ3) is 2.87. The van der Waals surface area contributed by atoms with Crippen molar-refractivity contribution in [1.82, 2.24) is 20.2 Å². The molecule has 3 rings (SSSR count). The molecule has 21 heavy (non-hydrogen) atoms. The minimum Gasteiger partial charge on any atom is -0.451 e. The lowest BCUT2D eigenvalue weighted by Crippen LogP contribution is -2.11. The van der Waals surface area contributed by atoms with Crippen molar-refractivity contribution in [2.75, 3.05) is 5.73 Å². The molecular weight excluding hydrogens is 294 g/mol. The number of ether oxygens (including phenoxy) is 1. The fraction of sp³-hybridized carbons (Fsp3) is 0.0833. The monoisotopic (exact) mass is 303 g/mol. The molecule has 2 N–H and O–H groups in total. The van der Waals surface area contributed by atoms with E-state index in [1.165, 1.54) is 23.7 Å². The van der Waals surface area contributed by atoms with E-state index >= 15 is 0 Å². The summed E-state index contributed by atoms with van der Waals surface area (Å²) in [6.07, 6.45) is 2.74. The molecule has 0 radical (unpaired) electrons. The first-order valence-electron chi connectivity index (χ1n) is 5.84. The number of thiophene rings is 1. The molecule has 0 unspecified atom stereocenters. The molecule has 0 saturated carbocycles. The van der Waals surface area contributed by atoms with E-state index in [0.717, 1.165) is 4.88 Å². The smallest absolute Gasteiger partial charge is 0.361 e. The Morgan fingerprint density at radius 2 is 2.19 bits per heavy atom. The molecule has 0 aromatic carbocycles. The maximum absolute atomic E-state index is 11.8. The predicted molar refractivity (Wildman–Crippen MR) is 73.2 cm³/mol. The lowest BCUT2D eigenvalue weighted by molar-refractivity contribution is 0.0432. The van der Waals surface area contributed by atoms with Crippen molar-refractivity contribution in [3.63, 3.8) is 0 Å². The molecule has 0 aliphatic rings. The maximum Gasteiger partial charge on any atom is 0.361 e. The van der Waals surface area contributed by atoms with Crippen LogP contribution in [0.1, 0.15) is 16.4 Å². The van der Waals surface area contributed by atoms with Crippen molar-refractivity contribution in [3.8, 4) is 10.8 Å². The number of esters is 1. The number of rotatable bonds is 4. The summed E-state index contributed by atoms with van der Waals surface area (Å²) >= 11 is 1.47. The van der Waals surface area contributed by atoms with E-state index < -0.39 is 5.97 Å². The average molecular weight is 303 g/mol. The molecule has 3 heterocycles. The van der Waals surface area contributed by atoms with Gasteiger partial charge in [-0.05, 0) is 11.4 Å². The number of anilines is 1. The van der Waals surface area contributed by atoms with Gasteiger partial charge in [0.05, 0.1) is 4.88 Å². The number of hydrogen-bond donors (Lipinski definition) is 1. The summed E-state index contributed by atoms with van der Waals surface area (Å²) < 4.78 is 10.4. The Kier molecular flexibility index (Phi) is 3.56. The highest BCUT2D eigenvalue weighted by molar-refractivity contribution is 7.13. The Labute approximate surface area is 122 Å². The van der Waals surface area contributed by atoms with E-state index in [4.69, 9.17) is 14.9 Å². The first-order valence-corrected chi connectivity index (χ1v) is 6.72. The summed E-state index contributed by atoms with van der Waals surface area (Å²) in [5.41, 5.74) is 5.49. The van der Waals surface area contributed by atoms with Crippen LogP contribution in [0, 0.1) is 0 Å². The van der Waals surface area contributed by atoms with Crippen LogP contribution in [0.5, 0.6) is 0 Å². The molecule has 0 aliphatic carbocycles. The van der Waals surface area contributed by atoms with Crippen LogP contribution in [-0.2, 0) is 11.3 Å². The number of nitrogens with two attached hydrogens (primary N) is 1. The zero-order valence-corrected chi connectivity index (χ0v) is 11.4. The SMILES string of the molecule is Nc1nccnc1C(=O)OCc1nnc(-c2cccs2)o1. The van der Waals surface area contributed by atoms with Gasteiger partial charge in [0.1, 0.15) is 0 Å². The van der Waals surface area contributed by atoms with Gasteiger partial charge in [0.25, 0.3) is 11.8 Å². The Bertz CT molecular complexity index is 756. The van der Waals surface area contributed by atoms with Crippen molar-refractivity contribution >= 4 is 23.1 Å². The predicted octanol–water partition coefficient (Wildman–Crippen LogP) is 1.53. The second-order valence-corrected chi connectivity index (χ2v) is 4.79. The molecule has 106 valence electrons. The van der Waals surface area contributed by atoms with Crippen molar-refractivity contribution in [1.29, 1.82) is 0 Å². The molecule has 0 aliphatic heterocycles. The number of carbonyl (C=O) groups is 1. The summed E-state index contributed by atoms with van der Waals surface area (Å²) in [6, 6.07) is 3.73. The highest BCUT2D eigenvalue weighted by Crippen LogP contribution is 2.23. The van der Waals surface area contributed by atoms with Crippen molar-refractivity contribution < 1.29 is 13.9 Å². The lowest BCUT2D eigenvalue weighted by atomic mass is 10.4. The standard InChI is InChI=1S/C12H9N5O3S/c13-10-9(14-3-4-15-10)12(18)19-6-8-16-17-11(20-8)7-2-1-5-21-7/h1-5H,6H2,(H2,13,15). The fourth-order valence-corrected chi connectivity index (χ4v) is 2.16. The first kappa shape index (κ1) is 13.2. The quantitative estimate of drug-likeness (QED) is 0.721. The highest BCUT2D eigenvalue weighted by atomic mass is 32.1. The topological polar surface area (TPSA) is 117 Å². The lowest BCUT2D eigenvalue weighted by Gasteiger charge is -2.02. The molecule has 0 saturated heterocycles. The largest absolute Gasteiger partial charge is 0.451 e. The van der Waals surface area contributed by atoms with Gasteiger partial charge in [-0.25, -0.2) is 14.8 Å². The second kappa shape index (κ2) is 5.67. The Morgan fingerprint density at radius 1 is 1.33 bits per heavy atom. The van der Waals surface area contributed by atoms with Gasteiger partial charge >= 0.3 is 5.97 Å². The molecule has 0 amide bonds. The van der Waals surface area contributed by atoms with Gasteiger partial charge in [0, 0.05) is 12.4 Å². The number of carbonyl (C=O) groups excluding carboxylic acids is 1. The van der Waals surface area contributed by atoms with Crippen LogP contribution < -0.4 is 5.73 Å². The van der Waals surface area contributed by atoms with Crippen LogP contribution in [-0.4, -0.2) is 26.1 Å². The second-order valence-electron chi connectivity index (χ2n) is 3.84. The van der Waals surface area contributed by atoms with Crippen LogP contribution in [0.15, 0.2) is 34.3 Å². The molecule has 0 atom stereocenters. The molecule has 0 bridgehead atoms. The summed E-state index contributed by atoms with van der Waals surface area (Å²) in [7, 11) is 0. The van der Waals surface area contributed by atoms with Gasteiger partial charge < -0.3 is 14.9 Å². The maximum atomic E-state index is 11.8. The minimum absolute atomic E-state index is 0.00676. The summed E-state index contributed by atoms with van der Waals surface area (Å²) in [6.45, 7) is -0.160. The zero-order chi connectivity index (χ0) is 14.7. The van der Waals surface area contributed by atoms with E-state index in [0.29, 0.717) is 5.89 Å². The van der Waals surface area contributed by atoms with E-state index in [1.807, 2.05) is 17.5 Å². The summed E-state index contributed by atoms with van der Waals surface area (Å²) in [5, 5.41) is 9.58. The van der Waals surface area contributed by atoms with Gasteiger partial charge in [-0.2, -0.15) is 0 Å². The summed E-state index contributed by atoms with van der Waals surface area (Å²) in [4.78, 5) is 20.2. The fourth-order valence-electron chi connectivity index (χ4n) is 1.51. The number of nitrogen functional groups attached to an aromatic ring is 1. The Morgan fingerprint density at radius 3 is 2.95 bits per heavy atom. The van der Waals surface area contributed by atoms with Gasteiger partial charge in [0.2, 0.25) is 0 Å². The molecule has 3 aromatic heterocycles. The molecule has 8 nitrogen and oxygen atoms in total. The minimum atomic E-state index is -0.698. The van der Waals surface area contributed by atoms with E-state index in [2.05, 4.69) is 20.2 Å². The molecule has 0 fully saturated rings. The number of hydrogen-bond acceptors (Lipinski definition) is 9. The molecular formula is C12H9N5O3S. The van der Waals surface area contributed by atoms with E-state index in [9.17, 15) is 4.79 Å². The third-order valence-electron chi connectivity index (χ3n) is 2.45. The van der Waals surface area contributed by atoms with Crippen LogP contribution in [0.25, 0.3) is 10.8 Å². The van der Waals surface area contributed by atoms with Crippen LogP contribution in [0.2, 0.25) is 0 Å². The third-order valence-corrected chi connectivity index (χ3v) is 3.30. The zero-order valence-electron chi connectivity index (χ0n) is 10.6. The van der Waals surface area contributed by atoms with Gasteiger partial charge in [0.15, 0.2) is 18.1 Å². The van der Waals surface area contributed by atoms with E-state index in [1.54, 1.807) is 0 Å². The number of nitrogens with zero attached hydrogens (tertiary/aromatic N) is 4. The van der Waals surface area contributed by atoms with Gasteiger partial charge in [-0.3, -0.25) is 0 Å². The first-order chi connectivity index (χ1) is 10.2. The Balaban J connectivity index is 1.66. The number of aromatic nitrogens is 4. The summed E-state index contributed by atoms with van der Waals surface area (Å²) in [5.74, 6) is -0.118. The van der Waals surface area contributed by atoms with Crippen LogP contribution in [0.4, 0.5) is 5.82 Å². The Hall–Kier alpha value is -2.81. The van der Waals surface area contributed by atoms with Crippen molar-refractivity contribution in [3.05, 3.63) is 41.5 Å².